The summed E-state index contributed by atoms with van der Waals surface area (Å²) in [6.45, 7) is 1.19. The fourth-order valence-corrected chi connectivity index (χ4v) is 0.441. The van der Waals surface area contributed by atoms with Crippen LogP contribution in [0.2, 0.25) is 0 Å². The molecule has 52 valence electrons. The van der Waals surface area contributed by atoms with Crippen LogP contribution in [0.3, 0.4) is 0 Å². The first kappa shape index (κ1) is 8.87. The summed E-state index contributed by atoms with van der Waals surface area (Å²) in [5.74, 6) is -0.473. The van der Waals surface area contributed by atoms with Crippen molar-refractivity contribution < 1.29 is 14.3 Å². The zero-order chi connectivity index (χ0) is 7.28. The van der Waals surface area contributed by atoms with Crippen molar-refractivity contribution in [3.05, 3.63) is 0 Å². The van der Waals surface area contributed by atoms with Crippen LogP contribution in [0.4, 0.5) is 0 Å². The standard InChI is InChI=1S/C5H7IO3/c1-4(7)9-3-5(8)2-6/h2-3H2,1H3. The van der Waals surface area contributed by atoms with Gasteiger partial charge in [0.2, 0.25) is 0 Å². The van der Waals surface area contributed by atoms with Crippen molar-refractivity contribution in [3.8, 4) is 0 Å². The summed E-state index contributed by atoms with van der Waals surface area (Å²) in [7, 11) is 0. The smallest absolute Gasteiger partial charge is 0.303 e. The van der Waals surface area contributed by atoms with Crippen LogP contribution in [-0.4, -0.2) is 22.8 Å². The van der Waals surface area contributed by atoms with Gasteiger partial charge in [-0.3, -0.25) is 9.59 Å². The van der Waals surface area contributed by atoms with Crippen LogP contribution in [0, 0.1) is 0 Å². The molecule has 0 fully saturated rings. The molecule has 0 atom stereocenters. The Morgan fingerprint density at radius 2 is 2.11 bits per heavy atom. The molecule has 0 aromatic rings. The summed E-state index contributed by atoms with van der Waals surface area (Å²) in [6.07, 6.45) is 0. The summed E-state index contributed by atoms with van der Waals surface area (Å²) in [5, 5.41) is 0. The van der Waals surface area contributed by atoms with Crippen LogP contribution >= 0.6 is 22.6 Å². The van der Waals surface area contributed by atoms with Gasteiger partial charge in [-0.1, -0.05) is 22.6 Å². The second-order valence-corrected chi connectivity index (χ2v) is 2.22. The van der Waals surface area contributed by atoms with E-state index >= 15 is 0 Å². The van der Waals surface area contributed by atoms with Gasteiger partial charge in [-0.2, -0.15) is 0 Å². The summed E-state index contributed by atoms with van der Waals surface area (Å²) < 4.78 is 4.80. The van der Waals surface area contributed by atoms with Gasteiger partial charge in [0.05, 0.1) is 4.43 Å². The molecule has 0 aliphatic heterocycles. The molecule has 0 aromatic heterocycles. The van der Waals surface area contributed by atoms with Gasteiger partial charge < -0.3 is 4.74 Å². The second kappa shape index (κ2) is 4.72. The molecule has 0 amide bonds. The molecule has 0 aromatic carbocycles. The molecule has 9 heavy (non-hydrogen) atoms. The summed E-state index contributed by atoms with van der Waals surface area (Å²) >= 11 is 1.92. The van der Waals surface area contributed by atoms with Gasteiger partial charge in [0.15, 0.2) is 12.4 Å². The average molecular weight is 242 g/mol. The molecule has 0 bridgehead atoms. The molecule has 4 heteroatoms. The van der Waals surface area contributed by atoms with Gasteiger partial charge in [0.25, 0.3) is 0 Å². The molecule has 0 N–H and O–H groups in total. The van der Waals surface area contributed by atoms with E-state index in [0.717, 1.165) is 0 Å². The van der Waals surface area contributed by atoms with Crippen LogP contribution < -0.4 is 0 Å². The van der Waals surface area contributed by atoms with Crippen molar-refractivity contribution in [2.24, 2.45) is 0 Å². The number of carbonyl (C=O) groups excluding carboxylic acids is 2. The molecule has 0 aliphatic rings. The number of hydrogen-bond acceptors (Lipinski definition) is 3. The van der Waals surface area contributed by atoms with E-state index in [1.54, 1.807) is 0 Å². The first-order valence-electron chi connectivity index (χ1n) is 2.38. The van der Waals surface area contributed by atoms with Gasteiger partial charge in [-0.15, -0.1) is 0 Å². The number of Topliss-reactive ketones (excluding diaryl/α,β-unsaturated/α-hetero) is 1. The van der Waals surface area contributed by atoms with E-state index in [9.17, 15) is 9.59 Å². The van der Waals surface area contributed by atoms with E-state index < -0.39 is 5.97 Å². The minimum atomic E-state index is -0.409. The molecule has 0 saturated carbocycles. The van der Waals surface area contributed by atoms with Gasteiger partial charge in [-0.05, 0) is 0 Å². The Kier molecular flexibility index (Phi) is 4.65. The lowest BCUT2D eigenvalue weighted by molar-refractivity contribution is -0.145. The predicted octanol–water partition coefficient (Wildman–Crippen LogP) is 0.554. The highest BCUT2D eigenvalue weighted by molar-refractivity contribution is 14.1. The molecular weight excluding hydrogens is 235 g/mol. The minimum absolute atomic E-state index is 0.0641. The number of rotatable bonds is 3. The van der Waals surface area contributed by atoms with Crippen molar-refractivity contribution >= 4 is 34.3 Å². The third kappa shape index (κ3) is 5.75. The van der Waals surface area contributed by atoms with E-state index in [1.165, 1.54) is 6.92 Å². The molecule has 3 nitrogen and oxygen atoms in total. The zero-order valence-electron chi connectivity index (χ0n) is 5.02. The maximum absolute atomic E-state index is 10.4. The normalized spacial score (nSPS) is 8.67. The van der Waals surface area contributed by atoms with E-state index in [-0.39, 0.29) is 12.4 Å². The summed E-state index contributed by atoms with van der Waals surface area (Å²) in [6, 6.07) is 0. The largest absolute Gasteiger partial charge is 0.458 e. The highest BCUT2D eigenvalue weighted by Crippen LogP contribution is 1.85. The molecule has 0 heterocycles. The van der Waals surface area contributed by atoms with Crippen molar-refractivity contribution in [2.45, 2.75) is 6.92 Å². The first-order valence-corrected chi connectivity index (χ1v) is 3.90. The van der Waals surface area contributed by atoms with E-state index in [1.807, 2.05) is 22.6 Å². The van der Waals surface area contributed by atoms with Crippen LogP contribution in [0.1, 0.15) is 6.92 Å². The van der Waals surface area contributed by atoms with Crippen LogP contribution in [0.5, 0.6) is 0 Å². The molecule has 0 radical (unpaired) electrons. The predicted molar refractivity (Wildman–Crippen MR) is 40.5 cm³/mol. The van der Waals surface area contributed by atoms with E-state index in [0.29, 0.717) is 4.43 Å². The second-order valence-electron chi connectivity index (χ2n) is 1.45. The molecule has 0 unspecified atom stereocenters. The Morgan fingerprint density at radius 1 is 1.56 bits per heavy atom. The fraction of sp³-hybridized carbons (Fsp3) is 0.600. The maximum atomic E-state index is 10.4. The number of hydrogen-bond donors (Lipinski definition) is 0. The Labute approximate surface area is 66.9 Å². The third-order valence-electron chi connectivity index (χ3n) is 0.585. The Hall–Kier alpha value is -0.130. The lowest BCUT2D eigenvalue weighted by atomic mass is 10.5. The molecule has 0 saturated heterocycles. The summed E-state index contributed by atoms with van der Waals surface area (Å²) in [4.78, 5) is 20.5. The highest BCUT2D eigenvalue weighted by atomic mass is 127. The van der Waals surface area contributed by atoms with Crippen molar-refractivity contribution in [1.29, 1.82) is 0 Å². The van der Waals surface area contributed by atoms with Crippen molar-refractivity contribution in [2.75, 3.05) is 11.0 Å². The Balaban J connectivity index is 3.28. The average Bonchev–Trinajstić information content (AvgIpc) is 1.83. The van der Waals surface area contributed by atoms with E-state index in [4.69, 9.17) is 0 Å². The number of carbonyl (C=O) groups is 2. The number of ether oxygens (including phenoxy) is 1. The monoisotopic (exact) mass is 242 g/mol. The number of ketones is 1. The quantitative estimate of drug-likeness (QED) is 0.412. The van der Waals surface area contributed by atoms with Gasteiger partial charge in [0, 0.05) is 6.92 Å². The molecule has 0 rings (SSSR count). The van der Waals surface area contributed by atoms with Crippen LogP contribution in [-0.2, 0) is 14.3 Å². The number of esters is 1. The number of alkyl halides is 1. The van der Waals surface area contributed by atoms with Crippen LogP contribution in [0.15, 0.2) is 0 Å². The minimum Gasteiger partial charge on any atom is -0.458 e. The molecule has 0 spiro atoms. The lowest BCUT2D eigenvalue weighted by Gasteiger charge is -1.95. The Morgan fingerprint density at radius 3 is 2.44 bits per heavy atom. The van der Waals surface area contributed by atoms with Gasteiger partial charge >= 0.3 is 5.97 Å². The maximum Gasteiger partial charge on any atom is 0.303 e. The molecular formula is C5H7IO3. The SMILES string of the molecule is CC(=O)OCC(=O)CI. The Bertz CT molecular complexity index is 121. The van der Waals surface area contributed by atoms with Gasteiger partial charge in [0.1, 0.15) is 0 Å². The highest BCUT2D eigenvalue weighted by Gasteiger charge is 1.99. The van der Waals surface area contributed by atoms with Crippen molar-refractivity contribution in [1.82, 2.24) is 0 Å². The topological polar surface area (TPSA) is 43.4 Å². The van der Waals surface area contributed by atoms with E-state index in [2.05, 4.69) is 4.74 Å². The molecule has 0 aliphatic carbocycles. The van der Waals surface area contributed by atoms with Crippen molar-refractivity contribution in [3.63, 3.8) is 0 Å². The van der Waals surface area contributed by atoms with Gasteiger partial charge in [-0.25, -0.2) is 0 Å². The fourth-order valence-electron chi connectivity index (χ4n) is 0.221. The summed E-state index contributed by atoms with van der Waals surface area (Å²) in [5.41, 5.74) is 0. The first-order chi connectivity index (χ1) is 4.16. The zero-order valence-corrected chi connectivity index (χ0v) is 7.17. The van der Waals surface area contributed by atoms with Crippen LogP contribution in [0.25, 0.3) is 0 Å². The third-order valence-corrected chi connectivity index (χ3v) is 1.44. The number of halogens is 1. The lowest BCUT2D eigenvalue weighted by Crippen LogP contribution is -2.11.